The van der Waals surface area contributed by atoms with Crippen molar-refractivity contribution in [3.05, 3.63) is 53.9 Å². The Kier molecular flexibility index (Phi) is 5.74. The maximum Gasteiger partial charge on any atom is 0.191 e. The van der Waals surface area contributed by atoms with Crippen LogP contribution in [0.15, 0.2) is 42.6 Å². The Hall–Kier alpha value is -2.19. The first-order chi connectivity index (χ1) is 11.4. The summed E-state index contributed by atoms with van der Waals surface area (Å²) in [6.45, 7) is -0.923. The van der Waals surface area contributed by atoms with E-state index in [1.54, 1.807) is 18.2 Å². The van der Waals surface area contributed by atoms with E-state index >= 15 is 0 Å². The molecule has 0 aliphatic rings. The molecule has 1 atom stereocenters. The smallest absolute Gasteiger partial charge is 0.191 e. The Morgan fingerprint density at radius 2 is 1.71 bits per heavy atom. The highest BCUT2D eigenvalue weighted by Crippen LogP contribution is 2.20. The van der Waals surface area contributed by atoms with Gasteiger partial charge in [0.2, 0.25) is 0 Å². The molecule has 0 fully saturated rings. The fraction of sp³-hybridized carbons (Fsp3) is 0.250. The number of nitrogens with two attached hydrogens (primary N) is 1. The highest BCUT2D eigenvalue weighted by molar-refractivity contribution is 7.90. The van der Waals surface area contributed by atoms with Crippen molar-refractivity contribution in [2.75, 3.05) is 12.7 Å². The summed E-state index contributed by atoms with van der Waals surface area (Å²) < 4.78 is 47.2. The largest absolute Gasteiger partial charge is 0.319 e. The summed E-state index contributed by atoms with van der Waals surface area (Å²) in [5, 5.41) is 0. The first kappa shape index (κ1) is 18.2. The Bertz CT molecular complexity index is 806. The molecule has 0 spiro atoms. The molecule has 8 heteroatoms. The molecule has 1 heterocycles. The lowest BCUT2D eigenvalue weighted by atomic mass is 10.0. The third-order valence-electron chi connectivity index (χ3n) is 3.36. The number of hydrogen-bond donors (Lipinski definition) is 1. The van der Waals surface area contributed by atoms with E-state index in [2.05, 4.69) is 4.98 Å². The predicted molar refractivity (Wildman–Crippen MR) is 86.6 cm³/mol. The monoisotopic (exact) mass is 354 g/mol. The van der Waals surface area contributed by atoms with Gasteiger partial charge < -0.3 is 5.73 Å². The zero-order valence-electron chi connectivity index (χ0n) is 12.7. The molecule has 24 heavy (non-hydrogen) atoms. The minimum absolute atomic E-state index is 0.247. The van der Waals surface area contributed by atoms with E-state index in [0.29, 0.717) is 11.1 Å². The fourth-order valence-electron chi connectivity index (χ4n) is 2.06. The molecule has 0 bridgehead atoms. The number of nitrogens with zero attached hydrogens (tertiary/aromatic N) is 1. The molecule has 128 valence electrons. The van der Waals surface area contributed by atoms with Gasteiger partial charge in [0.15, 0.2) is 21.6 Å². The highest BCUT2D eigenvalue weighted by Gasteiger charge is 2.15. The van der Waals surface area contributed by atoms with Crippen molar-refractivity contribution >= 4 is 15.6 Å². The zero-order valence-corrected chi connectivity index (χ0v) is 13.5. The quantitative estimate of drug-likeness (QED) is 0.769. The molecule has 1 aromatic heterocycles. The van der Waals surface area contributed by atoms with Crippen LogP contribution in [-0.2, 0) is 15.6 Å². The van der Waals surface area contributed by atoms with Crippen LogP contribution in [0.2, 0.25) is 0 Å². The molecule has 0 saturated heterocycles. The van der Waals surface area contributed by atoms with Gasteiger partial charge in [0, 0.05) is 17.3 Å². The third kappa shape index (κ3) is 4.42. The minimum Gasteiger partial charge on any atom is -0.319 e. The van der Waals surface area contributed by atoms with Crippen LogP contribution in [-0.4, -0.2) is 37.9 Å². The van der Waals surface area contributed by atoms with Crippen LogP contribution in [0.5, 0.6) is 0 Å². The summed E-state index contributed by atoms with van der Waals surface area (Å²) in [6.07, 6.45) is 1.47. The second kappa shape index (κ2) is 7.59. The number of alkyl halides is 2. The second-order valence-corrected chi connectivity index (χ2v) is 7.23. The molecule has 0 aliphatic heterocycles. The molecule has 0 saturated carbocycles. The van der Waals surface area contributed by atoms with Crippen molar-refractivity contribution in [1.29, 1.82) is 0 Å². The molecule has 2 N–H and O–H groups in total. The number of carbonyl (C=O) groups is 1. The van der Waals surface area contributed by atoms with Gasteiger partial charge in [0.25, 0.3) is 0 Å². The van der Waals surface area contributed by atoms with Gasteiger partial charge in [-0.05, 0) is 11.6 Å². The van der Waals surface area contributed by atoms with Gasteiger partial charge in [0.1, 0.15) is 6.67 Å². The number of rotatable bonds is 7. The van der Waals surface area contributed by atoms with Crippen molar-refractivity contribution in [1.82, 2.24) is 4.98 Å². The number of carbonyl (C=O) groups excluding carboxylic acids is 1. The van der Waals surface area contributed by atoms with Crippen LogP contribution in [0.4, 0.5) is 8.78 Å². The summed E-state index contributed by atoms with van der Waals surface area (Å²) in [7, 11) is -3.79. The molecule has 1 aromatic carbocycles. The Morgan fingerprint density at radius 3 is 2.21 bits per heavy atom. The van der Waals surface area contributed by atoms with Gasteiger partial charge in [-0.3, -0.25) is 9.78 Å². The zero-order chi connectivity index (χ0) is 17.7. The van der Waals surface area contributed by atoms with Gasteiger partial charge in [-0.15, -0.1) is 0 Å². The van der Waals surface area contributed by atoms with Gasteiger partial charge in [0.05, 0.1) is 17.5 Å². The summed E-state index contributed by atoms with van der Waals surface area (Å²) >= 11 is 0. The van der Waals surface area contributed by atoms with Crippen LogP contribution in [0.3, 0.4) is 0 Å². The molecule has 0 radical (unpaired) electrons. The number of halogens is 2. The SMILES string of the molecule is N[C@H](CF)C(=O)c1ccc(-c2ccc(CS(=O)(=O)CF)nc2)cc1. The number of pyridine rings is 1. The minimum atomic E-state index is -3.79. The summed E-state index contributed by atoms with van der Waals surface area (Å²) in [6, 6.07) is 6.95. The van der Waals surface area contributed by atoms with E-state index in [4.69, 9.17) is 5.73 Å². The second-order valence-electron chi connectivity index (χ2n) is 5.24. The number of benzene rings is 1. The van der Waals surface area contributed by atoms with E-state index in [1.807, 2.05) is 0 Å². The maximum absolute atomic E-state index is 12.4. The molecular weight excluding hydrogens is 338 g/mol. The normalized spacial score (nSPS) is 12.8. The lowest BCUT2D eigenvalue weighted by Crippen LogP contribution is -2.32. The van der Waals surface area contributed by atoms with E-state index in [9.17, 15) is 22.0 Å². The summed E-state index contributed by atoms with van der Waals surface area (Å²) in [4.78, 5) is 15.8. The van der Waals surface area contributed by atoms with Gasteiger partial charge >= 0.3 is 0 Å². The number of aromatic nitrogens is 1. The lowest BCUT2D eigenvalue weighted by molar-refractivity contribution is 0.0949. The van der Waals surface area contributed by atoms with E-state index in [1.165, 1.54) is 24.4 Å². The summed E-state index contributed by atoms with van der Waals surface area (Å²) in [5.74, 6) is -0.938. The highest BCUT2D eigenvalue weighted by atomic mass is 32.2. The molecule has 2 aromatic rings. The van der Waals surface area contributed by atoms with Crippen LogP contribution in [0.1, 0.15) is 16.1 Å². The first-order valence-electron chi connectivity index (χ1n) is 7.04. The summed E-state index contributed by atoms with van der Waals surface area (Å²) in [5.41, 5.74) is 7.36. The number of Topliss-reactive ketones (excluding diaryl/α,β-unsaturated/α-hetero) is 1. The number of hydrogen-bond acceptors (Lipinski definition) is 5. The molecule has 2 rings (SSSR count). The molecule has 0 aliphatic carbocycles. The third-order valence-corrected chi connectivity index (χ3v) is 4.43. The van der Waals surface area contributed by atoms with Crippen molar-refractivity contribution < 1.29 is 22.0 Å². The Balaban J connectivity index is 2.16. The average molecular weight is 354 g/mol. The standard InChI is InChI=1S/C16H16F2N2O3S/c17-7-15(19)16(21)12-3-1-11(2-4-12)13-5-6-14(20-8-13)9-24(22,23)10-18/h1-6,8,15H,7,9-10,19H2/t15-/m1/s1. The van der Waals surface area contributed by atoms with Crippen molar-refractivity contribution in [3.8, 4) is 11.1 Å². The van der Waals surface area contributed by atoms with Gasteiger partial charge in [-0.25, -0.2) is 17.2 Å². The molecule has 0 unspecified atom stereocenters. The average Bonchev–Trinajstić information content (AvgIpc) is 2.61. The van der Waals surface area contributed by atoms with Crippen LogP contribution < -0.4 is 5.73 Å². The number of ketones is 1. The van der Waals surface area contributed by atoms with Crippen molar-refractivity contribution in [3.63, 3.8) is 0 Å². The van der Waals surface area contributed by atoms with Crippen molar-refractivity contribution in [2.24, 2.45) is 5.73 Å². The topological polar surface area (TPSA) is 90.1 Å². The molecule has 0 amide bonds. The number of sulfone groups is 1. The van der Waals surface area contributed by atoms with Crippen LogP contribution in [0.25, 0.3) is 11.1 Å². The predicted octanol–water partition coefficient (Wildman–Crippen LogP) is 2.07. The van der Waals surface area contributed by atoms with E-state index < -0.39 is 40.1 Å². The fourth-order valence-corrected chi connectivity index (χ4v) is 2.75. The molecular formula is C16H16F2N2O3S. The van der Waals surface area contributed by atoms with Crippen molar-refractivity contribution in [2.45, 2.75) is 11.8 Å². The lowest BCUT2D eigenvalue weighted by Gasteiger charge is -2.07. The first-order valence-corrected chi connectivity index (χ1v) is 8.86. The molecule has 5 nitrogen and oxygen atoms in total. The van der Waals surface area contributed by atoms with Crippen LogP contribution >= 0.6 is 0 Å². The van der Waals surface area contributed by atoms with Gasteiger partial charge in [-0.1, -0.05) is 30.3 Å². The van der Waals surface area contributed by atoms with Crippen LogP contribution in [0, 0.1) is 0 Å². The maximum atomic E-state index is 12.4. The Labute approximate surface area is 138 Å². The Morgan fingerprint density at radius 1 is 1.08 bits per heavy atom. The van der Waals surface area contributed by atoms with Gasteiger partial charge in [-0.2, -0.15) is 0 Å². The van der Waals surface area contributed by atoms with E-state index in [0.717, 1.165) is 5.56 Å². The van der Waals surface area contributed by atoms with E-state index in [-0.39, 0.29) is 5.69 Å².